The van der Waals surface area contributed by atoms with Crippen molar-refractivity contribution in [1.29, 1.82) is 0 Å². The lowest BCUT2D eigenvalue weighted by Gasteiger charge is -2.16. The molecule has 1 unspecified atom stereocenters. The van der Waals surface area contributed by atoms with Crippen molar-refractivity contribution in [1.82, 2.24) is 10.3 Å². The molecule has 0 bridgehead atoms. The van der Waals surface area contributed by atoms with Gasteiger partial charge in [0.25, 0.3) is 5.91 Å². The zero-order valence-electron chi connectivity index (χ0n) is 10.1. The van der Waals surface area contributed by atoms with Crippen LogP contribution in [0.15, 0.2) is 18.3 Å². The van der Waals surface area contributed by atoms with E-state index < -0.39 is 0 Å². The maximum absolute atomic E-state index is 11.8. The lowest BCUT2D eigenvalue weighted by atomic mass is 10.1. The number of amides is 1. The van der Waals surface area contributed by atoms with Crippen molar-refractivity contribution in [3.8, 4) is 5.75 Å². The Hall–Kier alpha value is -1.62. The summed E-state index contributed by atoms with van der Waals surface area (Å²) in [5.74, 6) is -0.490. The Morgan fingerprint density at radius 1 is 1.65 bits per heavy atom. The van der Waals surface area contributed by atoms with Crippen LogP contribution in [-0.2, 0) is 4.74 Å². The van der Waals surface area contributed by atoms with Crippen molar-refractivity contribution < 1.29 is 14.6 Å². The van der Waals surface area contributed by atoms with Crippen molar-refractivity contribution in [3.05, 3.63) is 24.0 Å². The van der Waals surface area contributed by atoms with Crippen molar-refractivity contribution in [2.75, 3.05) is 13.7 Å². The van der Waals surface area contributed by atoms with Crippen molar-refractivity contribution in [3.63, 3.8) is 0 Å². The summed E-state index contributed by atoms with van der Waals surface area (Å²) < 4.78 is 5.03. The molecule has 0 radical (unpaired) electrons. The standard InChI is InChI=1S/C12H18N2O3/c1-3-5-9(8-17-2)14-12(16)11-10(15)6-4-7-13-11/h4,6-7,9,15H,3,5,8H2,1-2H3,(H,14,16). The summed E-state index contributed by atoms with van der Waals surface area (Å²) >= 11 is 0. The Labute approximate surface area is 101 Å². The van der Waals surface area contributed by atoms with Gasteiger partial charge in [-0.05, 0) is 18.6 Å². The van der Waals surface area contributed by atoms with Crippen LogP contribution in [-0.4, -0.2) is 35.8 Å². The molecule has 0 aliphatic heterocycles. The topological polar surface area (TPSA) is 71.5 Å². The van der Waals surface area contributed by atoms with E-state index in [0.29, 0.717) is 6.61 Å². The molecule has 0 spiro atoms. The number of pyridine rings is 1. The van der Waals surface area contributed by atoms with Crippen LogP contribution < -0.4 is 5.32 Å². The molecule has 0 fully saturated rings. The number of aromatic nitrogens is 1. The zero-order chi connectivity index (χ0) is 12.7. The number of aromatic hydroxyl groups is 1. The van der Waals surface area contributed by atoms with Gasteiger partial charge in [0.15, 0.2) is 5.69 Å². The molecule has 1 rings (SSSR count). The second kappa shape index (κ2) is 6.85. The van der Waals surface area contributed by atoms with Gasteiger partial charge in [0.1, 0.15) is 5.75 Å². The molecule has 0 saturated heterocycles. The fraction of sp³-hybridized carbons (Fsp3) is 0.500. The molecule has 5 heteroatoms. The third-order valence-electron chi connectivity index (χ3n) is 2.34. The second-order valence-corrected chi connectivity index (χ2v) is 3.79. The van der Waals surface area contributed by atoms with Crippen molar-refractivity contribution in [2.45, 2.75) is 25.8 Å². The Bertz CT molecular complexity index is 363. The SMILES string of the molecule is CCCC(COC)NC(=O)c1ncccc1O. The summed E-state index contributed by atoms with van der Waals surface area (Å²) in [6.07, 6.45) is 3.25. The fourth-order valence-corrected chi connectivity index (χ4v) is 1.57. The highest BCUT2D eigenvalue weighted by Crippen LogP contribution is 2.12. The predicted molar refractivity (Wildman–Crippen MR) is 63.9 cm³/mol. The van der Waals surface area contributed by atoms with Gasteiger partial charge in [0.05, 0.1) is 12.6 Å². The van der Waals surface area contributed by atoms with E-state index in [0.717, 1.165) is 12.8 Å². The minimum absolute atomic E-state index is 0.0460. The molecular weight excluding hydrogens is 220 g/mol. The van der Waals surface area contributed by atoms with Crippen LogP contribution in [0.25, 0.3) is 0 Å². The normalized spacial score (nSPS) is 12.1. The highest BCUT2D eigenvalue weighted by Gasteiger charge is 2.16. The number of ether oxygens (including phenoxy) is 1. The van der Waals surface area contributed by atoms with E-state index >= 15 is 0 Å². The third-order valence-corrected chi connectivity index (χ3v) is 2.34. The quantitative estimate of drug-likeness (QED) is 0.784. The van der Waals surface area contributed by atoms with Gasteiger partial charge in [-0.25, -0.2) is 4.98 Å². The third kappa shape index (κ3) is 4.03. The molecule has 0 saturated carbocycles. The lowest BCUT2D eigenvalue weighted by molar-refractivity contribution is 0.0883. The largest absolute Gasteiger partial charge is 0.505 e. The number of nitrogens with one attached hydrogen (secondary N) is 1. The maximum Gasteiger partial charge on any atom is 0.274 e. The summed E-state index contributed by atoms with van der Waals surface area (Å²) in [4.78, 5) is 15.7. The van der Waals surface area contributed by atoms with Gasteiger partial charge in [0.2, 0.25) is 0 Å². The van der Waals surface area contributed by atoms with Gasteiger partial charge in [0, 0.05) is 13.3 Å². The Kier molecular flexibility index (Phi) is 5.42. The van der Waals surface area contributed by atoms with E-state index in [9.17, 15) is 9.90 Å². The molecule has 94 valence electrons. The molecular formula is C12H18N2O3. The number of carbonyl (C=O) groups is 1. The monoisotopic (exact) mass is 238 g/mol. The molecule has 1 amide bonds. The number of hydrogen-bond acceptors (Lipinski definition) is 4. The summed E-state index contributed by atoms with van der Waals surface area (Å²) in [6, 6.07) is 2.96. The van der Waals surface area contributed by atoms with Gasteiger partial charge in [-0.3, -0.25) is 4.79 Å². The molecule has 17 heavy (non-hydrogen) atoms. The van der Waals surface area contributed by atoms with Crippen molar-refractivity contribution in [2.24, 2.45) is 0 Å². The van der Waals surface area contributed by atoms with Gasteiger partial charge < -0.3 is 15.2 Å². The second-order valence-electron chi connectivity index (χ2n) is 3.79. The summed E-state index contributed by atoms with van der Waals surface area (Å²) in [6.45, 7) is 2.49. The molecule has 1 atom stereocenters. The number of hydrogen-bond donors (Lipinski definition) is 2. The van der Waals surface area contributed by atoms with Crippen LogP contribution in [0.4, 0.5) is 0 Å². The first kappa shape index (κ1) is 13.4. The van der Waals surface area contributed by atoms with Crippen molar-refractivity contribution >= 4 is 5.91 Å². The van der Waals surface area contributed by atoms with Gasteiger partial charge in [-0.15, -0.1) is 0 Å². The molecule has 0 aromatic carbocycles. The van der Waals surface area contributed by atoms with E-state index in [4.69, 9.17) is 4.74 Å². The Morgan fingerprint density at radius 2 is 2.41 bits per heavy atom. The van der Waals surface area contributed by atoms with E-state index in [1.54, 1.807) is 13.2 Å². The average molecular weight is 238 g/mol. The summed E-state index contributed by atoms with van der Waals surface area (Å²) in [5, 5.41) is 12.3. The van der Waals surface area contributed by atoms with E-state index in [1.165, 1.54) is 12.3 Å². The Morgan fingerprint density at radius 3 is 3.00 bits per heavy atom. The van der Waals surface area contributed by atoms with Crippen LogP contribution in [0, 0.1) is 0 Å². The highest BCUT2D eigenvalue weighted by molar-refractivity contribution is 5.94. The van der Waals surface area contributed by atoms with Crippen LogP contribution in [0.2, 0.25) is 0 Å². The van der Waals surface area contributed by atoms with Crippen LogP contribution in [0.1, 0.15) is 30.3 Å². The average Bonchev–Trinajstić information content (AvgIpc) is 2.30. The Balaban J connectivity index is 2.67. The molecule has 1 aromatic heterocycles. The number of methoxy groups -OCH3 is 1. The molecule has 0 aliphatic rings. The fourth-order valence-electron chi connectivity index (χ4n) is 1.57. The smallest absolute Gasteiger partial charge is 0.274 e. The summed E-state index contributed by atoms with van der Waals surface area (Å²) in [5.41, 5.74) is 0.0460. The zero-order valence-corrected chi connectivity index (χ0v) is 10.1. The number of carbonyl (C=O) groups excluding carboxylic acids is 1. The van der Waals surface area contributed by atoms with Gasteiger partial charge >= 0.3 is 0 Å². The number of nitrogens with zero attached hydrogens (tertiary/aromatic N) is 1. The van der Waals surface area contributed by atoms with Gasteiger partial charge in [-0.2, -0.15) is 0 Å². The van der Waals surface area contributed by atoms with Crippen LogP contribution >= 0.6 is 0 Å². The van der Waals surface area contributed by atoms with E-state index in [1.807, 2.05) is 6.92 Å². The van der Waals surface area contributed by atoms with E-state index in [2.05, 4.69) is 10.3 Å². The molecule has 5 nitrogen and oxygen atoms in total. The molecule has 0 aliphatic carbocycles. The highest BCUT2D eigenvalue weighted by atomic mass is 16.5. The number of rotatable bonds is 6. The molecule has 2 N–H and O–H groups in total. The molecule has 1 heterocycles. The minimum Gasteiger partial charge on any atom is -0.505 e. The van der Waals surface area contributed by atoms with Gasteiger partial charge in [-0.1, -0.05) is 13.3 Å². The first-order chi connectivity index (χ1) is 8.19. The summed E-state index contributed by atoms with van der Waals surface area (Å²) in [7, 11) is 1.59. The first-order valence-electron chi connectivity index (χ1n) is 5.62. The maximum atomic E-state index is 11.8. The minimum atomic E-state index is -0.376. The van der Waals surface area contributed by atoms with Crippen LogP contribution in [0.5, 0.6) is 5.75 Å². The molecule has 1 aromatic rings. The lowest BCUT2D eigenvalue weighted by Crippen LogP contribution is -2.38. The van der Waals surface area contributed by atoms with Crippen LogP contribution in [0.3, 0.4) is 0 Å². The predicted octanol–water partition coefficient (Wildman–Crippen LogP) is 1.33. The first-order valence-corrected chi connectivity index (χ1v) is 5.62. The van der Waals surface area contributed by atoms with E-state index in [-0.39, 0.29) is 23.4 Å².